The molecular weight excluding hydrogens is 368 g/mol. The molecular formula is C22H30N4O3. The van der Waals surface area contributed by atoms with E-state index in [1.807, 2.05) is 18.2 Å². The Balaban J connectivity index is 1.51. The van der Waals surface area contributed by atoms with Crippen LogP contribution in [0.2, 0.25) is 0 Å². The van der Waals surface area contributed by atoms with Gasteiger partial charge in [0.25, 0.3) is 0 Å². The van der Waals surface area contributed by atoms with Gasteiger partial charge in [-0.15, -0.1) is 6.42 Å². The summed E-state index contributed by atoms with van der Waals surface area (Å²) in [5.41, 5.74) is 2.26. The van der Waals surface area contributed by atoms with Gasteiger partial charge in [0, 0.05) is 38.3 Å². The number of hydrogen-bond acceptors (Lipinski definition) is 6. The molecule has 3 rings (SSSR count). The standard InChI is InChI=1S/C22H30N4O3/c1-4-10-23-20-17(2)21(27)26(22(20)28)12-7-11-24-13-15-25(16-14-24)18-8-5-6-9-19(18)29-3/h1,5-6,8-9,23,27-28H,7,10-16H2,2-3H3. The molecule has 0 atom stereocenters. The summed E-state index contributed by atoms with van der Waals surface area (Å²) in [5.74, 6) is 3.51. The van der Waals surface area contributed by atoms with Gasteiger partial charge in [0.05, 0.1) is 19.3 Å². The molecule has 156 valence electrons. The van der Waals surface area contributed by atoms with E-state index in [0.717, 1.165) is 50.6 Å². The first-order valence-electron chi connectivity index (χ1n) is 9.95. The number of piperazine rings is 1. The van der Waals surface area contributed by atoms with E-state index in [4.69, 9.17) is 11.2 Å². The number of para-hydroxylation sites is 2. The maximum atomic E-state index is 10.4. The molecule has 7 nitrogen and oxygen atoms in total. The summed E-state index contributed by atoms with van der Waals surface area (Å²) in [6.07, 6.45) is 6.10. The highest BCUT2D eigenvalue weighted by atomic mass is 16.5. The molecule has 1 aliphatic rings. The second kappa shape index (κ2) is 9.48. The van der Waals surface area contributed by atoms with Gasteiger partial charge in [0.2, 0.25) is 5.88 Å². The number of methoxy groups -OCH3 is 1. The molecule has 2 heterocycles. The molecule has 2 aromatic rings. The smallest absolute Gasteiger partial charge is 0.218 e. The van der Waals surface area contributed by atoms with Crippen LogP contribution in [0, 0.1) is 19.3 Å². The van der Waals surface area contributed by atoms with Crippen molar-refractivity contribution >= 4 is 11.4 Å². The minimum absolute atomic E-state index is 0.0382. The summed E-state index contributed by atoms with van der Waals surface area (Å²) in [6.45, 7) is 7.34. The van der Waals surface area contributed by atoms with Crippen molar-refractivity contribution in [1.82, 2.24) is 9.47 Å². The maximum absolute atomic E-state index is 10.4. The van der Waals surface area contributed by atoms with Crippen LogP contribution in [-0.4, -0.2) is 66.1 Å². The highest BCUT2D eigenvalue weighted by molar-refractivity contribution is 5.64. The number of terminal acetylenes is 1. The third kappa shape index (κ3) is 4.54. The number of anilines is 2. The normalized spacial score (nSPS) is 14.6. The molecule has 0 bridgehead atoms. The van der Waals surface area contributed by atoms with Gasteiger partial charge in [0.1, 0.15) is 11.4 Å². The van der Waals surface area contributed by atoms with Gasteiger partial charge in [-0.05, 0) is 32.0 Å². The van der Waals surface area contributed by atoms with E-state index in [0.29, 0.717) is 24.3 Å². The second-order valence-corrected chi connectivity index (χ2v) is 7.21. The second-order valence-electron chi connectivity index (χ2n) is 7.21. The van der Waals surface area contributed by atoms with Crippen LogP contribution in [0.3, 0.4) is 0 Å². The van der Waals surface area contributed by atoms with Crippen molar-refractivity contribution in [3.63, 3.8) is 0 Å². The van der Waals surface area contributed by atoms with Crippen molar-refractivity contribution in [2.45, 2.75) is 19.9 Å². The fraction of sp³-hybridized carbons (Fsp3) is 0.455. The molecule has 1 aromatic heterocycles. The van der Waals surface area contributed by atoms with Crippen LogP contribution in [0.4, 0.5) is 11.4 Å². The van der Waals surface area contributed by atoms with Crippen LogP contribution in [0.15, 0.2) is 24.3 Å². The first kappa shape index (κ1) is 20.7. The van der Waals surface area contributed by atoms with Crippen LogP contribution < -0.4 is 15.0 Å². The third-order valence-corrected chi connectivity index (χ3v) is 5.47. The monoisotopic (exact) mass is 398 g/mol. The molecule has 0 unspecified atom stereocenters. The number of ether oxygens (including phenoxy) is 1. The van der Waals surface area contributed by atoms with Crippen molar-refractivity contribution in [2.24, 2.45) is 0 Å². The van der Waals surface area contributed by atoms with Gasteiger partial charge in [0.15, 0.2) is 5.88 Å². The zero-order chi connectivity index (χ0) is 20.8. The first-order valence-corrected chi connectivity index (χ1v) is 9.95. The minimum Gasteiger partial charge on any atom is -0.495 e. The van der Waals surface area contributed by atoms with Gasteiger partial charge >= 0.3 is 0 Å². The van der Waals surface area contributed by atoms with Gasteiger partial charge in [-0.3, -0.25) is 9.47 Å². The number of aromatic hydroxyl groups is 2. The Kier molecular flexibility index (Phi) is 6.78. The lowest BCUT2D eigenvalue weighted by Crippen LogP contribution is -2.46. The van der Waals surface area contributed by atoms with Crippen molar-refractivity contribution < 1.29 is 14.9 Å². The summed E-state index contributed by atoms with van der Waals surface area (Å²) < 4.78 is 7.02. The third-order valence-electron chi connectivity index (χ3n) is 5.47. The number of benzene rings is 1. The van der Waals surface area contributed by atoms with Gasteiger partial charge in [-0.2, -0.15) is 0 Å². The van der Waals surface area contributed by atoms with E-state index in [-0.39, 0.29) is 11.8 Å². The van der Waals surface area contributed by atoms with Crippen LogP contribution in [0.5, 0.6) is 17.5 Å². The molecule has 0 radical (unpaired) electrons. The summed E-state index contributed by atoms with van der Waals surface area (Å²) in [5, 5.41) is 23.7. The molecule has 1 aromatic carbocycles. The van der Waals surface area contributed by atoms with E-state index in [9.17, 15) is 10.2 Å². The summed E-state index contributed by atoms with van der Waals surface area (Å²) in [7, 11) is 1.70. The predicted molar refractivity (Wildman–Crippen MR) is 116 cm³/mol. The highest BCUT2D eigenvalue weighted by Crippen LogP contribution is 2.37. The van der Waals surface area contributed by atoms with Crippen molar-refractivity contribution in [2.75, 3.05) is 56.6 Å². The molecule has 0 saturated carbocycles. The molecule has 1 aliphatic heterocycles. The quantitative estimate of drug-likeness (QED) is 0.594. The van der Waals surface area contributed by atoms with Gasteiger partial charge in [-0.25, -0.2) is 0 Å². The lowest BCUT2D eigenvalue weighted by molar-refractivity contribution is 0.246. The Morgan fingerprint density at radius 2 is 1.83 bits per heavy atom. The largest absolute Gasteiger partial charge is 0.495 e. The van der Waals surface area contributed by atoms with Crippen LogP contribution in [0.1, 0.15) is 12.0 Å². The highest BCUT2D eigenvalue weighted by Gasteiger charge is 2.21. The Morgan fingerprint density at radius 3 is 2.52 bits per heavy atom. The van der Waals surface area contributed by atoms with E-state index in [1.54, 1.807) is 18.6 Å². The number of nitrogens with one attached hydrogen (secondary N) is 1. The molecule has 3 N–H and O–H groups in total. The topological polar surface area (TPSA) is 73.1 Å². The lowest BCUT2D eigenvalue weighted by atomic mass is 10.2. The summed E-state index contributed by atoms with van der Waals surface area (Å²) in [6, 6.07) is 8.11. The average Bonchev–Trinajstić information content (AvgIpc) is 2.95. The molecule has 29 heavy (non-hydrogen) atoms. The molecule has 1 saturated heterocycles. The van der Waals surface area contributed by atoms with Crippen molar-refractivity contribution in [3.8, 4) is 29.9 Å². The van der Waals surface area contributed by atoms with Crippen molar-refractivity contribution in [3.05, 3.63) is 29.8 Å². The number of hydrogen-bond donors (Lipinski definition) is 3. The van der Waals surface area contributed by atoms with Crippen LogP contribution in [0.25, 0.3) is 0 Å². The zero-order valence-electron chi connectivity index (χ0n) is 17.2. The van der Waals surface area contributed by atoms with Crippen LogP contribution >= 0.6 is 0 Å². The SMILES string of the molecule is C#CCNc1c(C)c(O)n(CCCN2CCN(c3ccccc3OC)CC2)c1O. The average molecular weight is 399 g/mol. The van der Waals surface area contributed by atoms with E-state index in [1.165, 1.54) is 0 Å². The minimum atomic E-state index is 0.0382. The Labute approximate surface area is 172 Å². The Bertz CT molecular complexity index is 864. The number of aromatic nitrogens is 1. The van der Waals surface area contributed by atoms with Crippen molar-refractivity contribution in [1.29, 1.82) is 0 Å². The zero-order valence-corrected chi connectivity index (χ0v) is 17.2. The summed E-state index contributed by atoms with van der Waals surface area (Å²) in [4.78, 5) is 4.76. The first-order chi connectivity index (χ1) is 14.1. The molecule has 0 aliphatic carbocycles. The fourth-order valence-corrected chi connectivity index (χ4v) is 3.84. The molecule has 1 fully saturated rings. The maximum Gasteiger partial charge on any atom is 0.218 e. The van der Waals surface area contributed by atoms with E-state index in [2.05, 4.69) is 27.1 Å². The molecule has 0 spiro atoms. The van der Waals surface area contributed by atoms with Gasteiger partial charge < -0.3 is 25.2 Å². The summed E-state index contributed by atoms with van der Waals surface area (Å²) >= 11 is 0. The predicted octanol–water partition coefficient (Wildman–Crippen LogP) is 2.47. The Morgan fingerprint density at radius 1 is 1.10 bits per heavy atom. The number of rotatable bonds is 8. The molecule has 7 heteroatoms. The van der Waals surface area contributed by atoms with E-state index >= 15 is 0 Å². The Hall–Kier alpha value is -2.98. The lowest BCUT2D eigenvalue weighted by Gasteiger charge is -2.36. The molecule has 0 amide bonds. The number of nitrogens with zero attached hydrogens (tertiary/aromatic N) is 3. The van der Waals surface area contributed by atoms with E-state index < -0.39 is 0 Å². The van der Waals surface area contributed by atoms with Gasteiger partial charge in [-0.1, -0.05) is 18.1 Å². The fourth-order valence-electron chi connectivity index (χ4n) is 3.84. The van der Waals surface area contributed by atoms with Crippen LogP contribution in [-0.2, 0) is 6.54 Å².